The Labute approximate surface area is 115 Å². The Bertz CT molecular complexity index is 609. The molecule has 19 heavy (non-hydrogen) atoms. The van der Waals surface area contributed by atoms with Crippen molar-refractivity contribution < 1.29 is 0 Å². The zero-order chi connectivity index (χ0) is 13.8. The molecule has 5 nitrogen and oxygen atoms in total. The van der Waals surface area contributed by atoms with Crippen molar-refractivity contribution in [3.8, 4) is 0 Å². The topological polar surface area (TPSA) is 70.7 Å². The Morgan fingerprint density at radius 3 is 2.79 bits per heavy atom. The summed E-state index contributed by atoms with van der Waals surface area (Å²) in [7, 11) is 1.91. The van der Waals surface area contributed by atoms with Gasteiger partial charge >= 0.3 is 0 Å². The van der Waals surface area contributed by atoms with E-state index in [0.717, 1.165) is 10.6 Å². The van der Waals surface area contributed by atoms with E-state index in [-0.39, 0.29) is 11.6 Å². The van der Waals surface area contributed by atoms with Gasteiger partial charge in [0.25, 0.3) is 5.56 Å². The van der Waals surface area contributed by atoms with Crippen molar-refractivity contribution in [2.75, 3.05) is 7.05 Å². The highest BCUT2D eigenvalue weighted by Crippen LogP contribution is 2.22. The Hall–Kier alpha value is -1.66. The number of aromatic amines is 1. The Morgan fingerprint density at radius 1 is 1.42 bits per heavy atom. The zero-order valence-corrected chi connectivity index (χ0v) is 11.9. The molecule has 0 bridgehead atoms. The van der Waals surface area contributed by atoms with Crippen LogP contribution in [-0.4, -0.2) is 22.0 Å². The minimum atomic E-state index is -0.143. The maximum absolute atomic E-state index is 11.3. The van der Waals surface area contributed by atoms with Crippen LogP contribution in [0.15, 0.2) is 39.4 Å². The fourth-order valence-electron chi connectivity index (χ4n) is 1.57. The van der Waals surface area contributed by atoms with E-state index in [0.29, 0.717) is 10.9 Å². The number of aryl methyl sites for hydroxylation is 1. The van der Waals surface area contributed by atoms with Gasteiger partial charge in [-0.3, -0.25) is 4.79 Å². The van der Waals surface area contributed by atoms with E-state index in [2.05, 4.69) is 27.2 Å². The average molecular weight is 276 g/mol. The second kappa shape index (κ2) is 5.99. The molecule has 2 aromatic rings. The molecule has 2 heterocycles. The third-order valence-electron chi connectivity index (χ3n) is 2.74. The molecule has 0 aromatic carbocycles. The lowest BCUT2D eigenvalue weighted by Gasteiger charge is -2.10. The molecule has 1 unspecified atom stereocenters. The molecule has 0 spiro atoms. The molecule has 0 aliphatic rings. The maximum Gasteiger partial charge on any atom is 0.251 e. The lowest BCUT2D eigenvalue weighted by molar-refractivity contribution is 0.648. The van der Waals surface area contributed by atoms with Gasteiger partial charge < -0.3 is 10.3 Å². The Balaban J connectivity index is 2.17. The van der Waals surface area contributed by atoms with Gasteiger partial charge in [0.05, 0.1) is 0 Å². The van der Waals surface area contributed by atoms with Crippen LogP contribution in [0.1, 0.15) is 24.2 Å². The number of hydrogen-bond acceptors (Lipinski definition) is 5. The number of hydrogen-bond donors (Lipinski definition) is 2. The molecule has 6 heteroatoms. The summed E-state index contributed by atoms with van der Waals surface area (Å²) < 4.78 is 0. The molecular formula is C13H16N4OS. The number of H-pyrrole nitrogens is 1. The third-order valence-corrected chi connectivity index (χ3v) is 3.58. The second-order valence-corrected chi connectivity index (χ2v) is 5.24. The lowest BCUT2D eigenvalue weighted by atomic mass is 10.1. The van der Waals surface area contributed by atoms with E-state index < -0.39 is 0 Å². The molecule has 0 amide bonds. The van der Waals surface area contributed by atoms with Crippen molar-refractivity contribution in [2.45, 2.75) is 30.1 Å². The zero-order valence-electron chi connectivity index (χ0n) is 11.1. The predicted octanol–water partition coefficient (Wildman–Crippen LogP) is 1.90. The highest BCUT2D eigenvalue weighted by molar-refractivity contribution is 7.99. The summed E-state index contributed by atoms with van der Waals surface area (Å²) in [6.45, 7) is 3.87. The summed E-state index contributed by atoms with van der Waals surface area (Å²) in [5, 5.41) is 4.53. The van der Waals surface area contributed by atoms with E-state index in [1.165, 1.54) is 17.8 Å². The first kappa shape index (κ1) is 13.8. The van der Waals surface area contributed by atoms with Gasteiger partial charge in [-0.25, -0.2) is 9.97 Å². The molecule has 0 aliphatic carbocycles. The summed E-state index contributed by atoms with van der Waals surface area (Å²) in [5.41, 5.74) is 1.68. The molecule has 0 fully saturated rings. The van der Waals surface area contributed by atoms with E-state index in [1.807, 2.05) is 25.4 Å². The summed E-state index contributed by atoms with van der Waals surface area (Å²) in [6.07, 6.45) is 1.83. The molecule has 2 N–H and O–H groups in total. The van der Waals surface area contributed by atoms with Gasteiger partial charge in [-0.15, -0.1) is 0 Å². The van der Waals surface area contributed by atoms with Crippen molar-refractivity contribution in [1.29, 1.82) is 0 Å². The summed E-state index contributed by atoms with van der Waals surface area (Å²) >= 11 is 1.35. The maximum atomic E-state index is 11.3. The first-order valence-corrected chi connectivity index (χ1v) is 6.79. The molecular weight excluding hydrogens is 260 g/mol. The molecule has 0 aliphatic heterocycles. The lowest BCUT2D eigenvalue weighted by Crippen LogP contribution is -2.12. The largest absolute Gasteiger partial charge is 0.313 e. The second-order valence-electron chi connectivity index (χ2n) is 4.23. The summed E-state index contributed by atoms with van der Waals surface area (Å²) in [6, 6.07) is 5.68. The normalized spacial score (nSPS) is 12.4. The molecule has 100 valence electrons. The fraction of sp³-hybridized carbons (Fsp3) is 0.308. The molecule has 0 radical (unpaired) electrons. The monoisotopic (exact) mass is 276 g/mol. The van der Waals surface area contributed by atoms with Crippen LogP contribution in [-0.2, 0) is 0 Å². The van der Waals surface area contributed by atoms with Crippen molar-refractivity contribution in [3.63, 3.8) is 0 Å². The quantitative estimate of drug-likeness (QED) is 0.835. The third kappa shape index (κ3) is 3.65. The van der Waals surface area contributed by atoms with Crippen molar-refractivity contribution in [3.05, 3.63) is 46.0 Å². The minimum absolute atomic E-state index is 0.143. The first-order chi connectivity index (χ1) is 9.08. The van der Waals surface area contributed by atoms with Crippen molar-refractivity contribution in [1.82, 2.24) is 20.3 Å². The Morgan fingerprint density at radius 2 is 2.21 bits per heavy atom. The number of rotatable bonds is 4. The van der Waals surface area contributed by atoms with Crippen molar-refractivity contribution in [2.24, 2.45) is 0 Å². The Kier molecular flexibility index (Phi) is 4.34. The smallest absolute Gasteiger partial charge is 0.251 e. The van der Waals surface area contributed by atoms with Crippen LogP contribution in [0, 0.1) is 6.92 Å². The minimum Gasteiger partial charge on any atom is -0.313 e. The molecule has 1 atom stereocenters. The predicted molar refractivity (Wildman–Crippen MR) is 75.4 cm³/mol. The van der Waals surface area contributed by atoms with E-state index >= 15 is 0 Å². The highest BCUT2D eigenvalue weighted by Gasteiger charge is 2.05. The van der Waals surface area contributed by atoms with Gasteiger partial charge in [0.15, 0.2) is 5.16 Å². The van der Waals surface area contributed by atoms with Crippen LogP contribution in [0.5, 0.6) is 0 Å². The molecule has 2 rings (SSSR count). The van der Waals surface area contributed by atoms with Crippen LogP contribution >= 0.6 is 11.8 Å². The number of nitrogens with zero attached hydrogens (tertiary/aromatic N) is 2. The van der Waals surface area contributed by atoms with Gasteiger partial charge in [0.2, 0.25) is 0 Å². The van der Waals surface area contributed by atoms with Crippen LogP contribution in [0.2, 0.25) is 0 Å². The first-order valence-electron chi connectivity index (χ1n) is 5.97. The van der Waals surface area contributed by atoms with Crippen LogP contribution in [0.25, 0.3) is 0 Å². The van der Waals surface area contributed by atoms with Crippen LogP contribution < -0.4 is 10.9 Å². The molecule has 0 saturated heterocycles. The van der Waals surface area contributed by atoms with Gasteiger partial charge in [0, 0.05) is 24.0 Å². The van der Waals surface area contributed by atoms with Crippen molar-refractivity contribution >= 4 is 11.8 Å². The molecule has 0 saturated carbocycles. The number of pyridine rings is 1. The van der Waals surface area contributed by atoms with E-state index in [1.54, 1.807) is 6.92 Å². The van der Waals surface area contributed by atoms with Crippen LogP contribution in [0.3, 0.4) is 0 Å². The van der Waals surface area contributed by atoms with E-state index in [4.69, 9.17) is 0 Å². The number of aromatic nitrogens is 3. The van der Waals surface area contributed by atoms with Crippen LogP contribution in [0.4, 0.5) is 0 Å². The van der Waals surface area contributed by atoms with Gasteiger partial charge in [-0.05, 0) is 44.3 Å². The van der Waals surface area contributed by atoms with Gasteiger partial charge in [0.1, 0.15) is 5.03 Å². The average Bonchev–Trinajstić information content (AvgIpc) is 2.37. The number of nitrogens with one attached hydrogen (secondary N) is 2. The van der Waals surface area contributed by atoms with Gasteiger partial charge in [-0.1, -0.05) is 6.07 Å². The standard InChI is InChI=1S/C13H16N4OS/c1-8-6-11(18)17-13(16-8)19-12-5-4-10(7-15-12)9(2)14-3/h4-7,9,14H,1-3H3,(H,16,17,18). The fourth-order valence-corrected chi connectivity index (χ4v) is 2.35. The SMILES string of the molecule is CNC(C)c1ccc(Sc2nc(C)cc(=O)[nH]2)nc1. The summed E-state index contributed by atoms with van der Waals surface area (Å²) in [5.74, 6) is 0. The highest BCUT2D eigenvalue weighted by atomic mass is 32.2. The molecule has 2 aromatic heterocycles. The van der Waals surface area contributed by atoms with Gasteiger partial charge in [-0.2, -0.15) is 0 Å². The summed E-state index contributed by atoms with van der Waals surface area (Å²) in [4.78, 5) is 22.7. The van der Waals surface area contributed by atoms with E-state index in [9.17, 15) is 4.79 Å².